The fraction of sp³-hybridized carbons (Fsp3) is 0.211. The van der Waals surface area contributed by atoms with E-state index >= 15 is 0 Å². The SMILES string of the molecule is C/C(=N\NC(=O)COc1cccc(C)c1C)c1cccc(-n2cnnn2)c1. The molecule has 1 heterocycles. The van der Waals surface area contributed by atoms with E-state index in [1.807, 2.05) is 63.2 Å². The summed E-state index contributed by atoms with van der Waals surface area (Å²) in [6, 6.07) is 13.3. The van der Waals surface area contributed by atoms with Crippen LogP contribution in [0.15, 0.2) is 53.9 Å². The van der Waals surface area contributed by atoms with Crippen molar-refractivity contribution in [1.82, 2.24) is 25.6 Å². The number of tetrazole rings is 1. The van der Waals surface area contributed by atoms with Gasteiger partial charge in [-0.05, 0) is 66.1 Å². The molecule has 0 spiro atoms. The number of amides is 1. The maximum absolute atomic E-state index is 12.0. The topological polar surface area (TPSA) is 94.3 Å². The van der Waals surface area contributed by atoms with Gasteiger partial charge in [-0.15, -0.1) is 5.10 Å². The van der Waals surface area contributed by atoms with Crippen LogP contribution in [0, 0.1) is 13.8 Å². The molecule has 0 radical (unpaired) electrons. The van der Waals surface area contributed by atoms with Gasteiger partial charge in [-0.1, -0.05) is 24.3 Å². The summed E-state index contributed by atoms with van der Waals surface area (Å²) in [6.07, 6.45) is 1.51. The summed E-state index contributed by atoms with van der Waals surface area (Å²) >= 11 is 0. The van der Waals surface area contributed by atoms with E-state index < -0.39 is 0 Å². The molecule has 0 bridgehead atoms. The highest BCUT2D eigenvalue weighted by Crippen LogP contribution is 2.20. The first kappa shape index (κ1) is 18.2. The van der Waals surface area contributed by atoms with Crippen LogP contribution in [0.25, 0.3) is 5.69 Å². The summed E-state index contributed by atoms with van der Waals surface area (Å²) in [4.78, 5) is 12.0. The van der Waals surface area contributed by atoms with Crippen molar-refractivity contribution in [3.63, 3.8) is 0 Å². The maximum atomic E-state index is 12.0. The van der Waals surface area contributed by atoms with Gasteiger partial charge in [-0.25, -0.2) is 10.1 Å². The van der Waals surface area contributed by atoms with Gasteiger partial charge >= 0.3 is 0 Å². The molecular formula is C19H20N6O2. The van der Waals surface area contributed by atoms with E-state index in [1.54, 1.807) is 4.68 Å². The molecule has 27 heavy (non-hydrogen) atoms. The number of nitrogens with zero attached hydrogens (tertiary/aromatic N) is 5. The second kappa shape index (κ2) is 8.22. The highest BCUT2D eigenvalue weighted by Gasteiger charge is 2.07. The molecule has 0 aliphatic heterocycles. The molecule has 138 valence electrons. The van der Waals surface area contributed by atoms with E-state index in [9.17, 15) is 4.79 Å². The number of hydrogen-bond acceptors (Lipinski definition) is 6. The Hall–Kier alpha value is -3.55. The molecule has 1 amide bonds. The standard InChI is InChI=1S/C19H20N6O2/c1-13-6-4-9-18(14(13)2)27-11-19(26)22-21-15(3)16-7-5-8-17(10-16)25-12-20-23-24-25/h4-10,12H,11H2,1-3H3,(H,22,26)/b21-15+. The lowest BCUT2D eigenvalue weighted by Crippen LogP contribution is -2.25. The summed E-state index contributed by atoms with van der Waals surface area (Å²) in [5.41, 5.74) is 6.96. The van der Waals surface area contributed by atoms with Gasteiger partial charge in [0.25, 0.3) is 5.91 Å². The van der Waals surface area contributed by atoms with Crippen LogP contribution in [-0.2, 0) is 4.79 Å². The van der Waals surface area contributed by atoms with Gasteiger partial charge < -0.3 is 4.74 Å². The first-order chi connectivity index (χ1) is 13.0. The molecule has 3 rings (SSSR count). The highest BCUT2D eigenvalue weighted by atomic mass is 16.5. The molecule has 0 aliphatic carbocycles. The third-order valence-electron chi connectivity index (χ3n) is 4.14. The van der Waals surface area contributed by atoms with Crippen LogP contribution in [0.2, 0.25) is 0 Å². The largest absolute Gasteiger partial charge is 0.483 e. The Morgan fingerprint density at radius 2 is 2.04 bits per heavy atom. The Morgan fingerprint density at radius 3 is 2.81 bits per heavy atom. The Morgan fingerprint density at radius 1 is 1.22 bits per heavy atom. The van der Waals surface area contributed by atoms with E-state index in [0.29, 0.717) is 11.5 Å². The number of aromatic nitrogens is 4. The molecule has 0 atom stereocenters. The molecule has 2 aromatic carbocycles. The lowest BCUT2D eigenvalue weighted by atomic mass is 10.1. The predicted molar refractivity (Wildman–Crippen MR) is 101 cm³/mol. The third kappa shape index (κ3) is 4.55. The molecule has 1 aromatic heterocycles. The second-order valence-corrected chi connectivity index (χ2v) is 6.02. The number of rotatable bonds is 6. The van der Waals surface area contributed by atoms with Crippen LogP contribution in [0.3, 0.4) is 0 Å². The second-order valence-electron chi connectivity index (χ2n) is 6.02. The average molecular weight is 364 g/mol. The number of hydrazone groups is 1. The molecule has 0 fully saturated rings. The summed E-state index contributed by atoms with van der Waals surface area (Å²) in [7, 11) is 0. The molecule has 0 unspecified atom stereocenters. The number of aryl methyl sites for hydroxylation is 1. The quantitative estimate of drug-likeness (QED) is 0.534. The van der Waals surface area contributed by atoms with Crippen molar-refractivity contribution >= 4 is 11.6 Å². The molecule has 0 aliphatic rings. The molecule has 3 aromatic rings. The molecule has 8 heteroatoms. The van der Waals surface area contributed by atoms with Crippen molar-refractivity contribution in [2.45, 2.75) is 20.8 Å². The molecule has 1 N–H and O–H groups in total. The number of nitrogens with one attached hydrogen (secondary N) is 1. The molecule has 0 saturated carbocycles. The Kier molecular flexibility index (Phi) is 5.55. The predicted octanol–water partition coefficient (Wildman–Crippen LogP) is 2.20. The minimum absolute atomic E-state index is 0.105. The number of carbonyl (C=O) groups is 1. The van der Waals surface area contributed by atoms with E-state index in [4.69, 9.17) is 4.74 Å². The van der Waals surface area contributed by atoms with Crippen molar-refractivity contribution in [3.05, 3.63) is 65.5 Å². The molecule has 0 saturated heterocycles. The zero-order valence-electron chi connectivity index (χ0n) is 15.4. The lowest BCUT2D eigenvalue weighted by Gasteiger charge is -2.10. The normalized spacial score (nSPS) is 11.3. The van der Waals surface area contributed by atoms with Crippen LogP contribution in [0.1, 0.15) is 23.6 Å². The van der Waals surface area contributed by atoms with Gasteiger partial charge in [0.15, 0.2) is 6.61 Å². The third-order valence-corrected chi connectivity index (χ3v) is 4.14. The zero-order chi connectivity index (χ0) is 19.2. The number of ether oxygens (including phenoxy) is 1. The summed E-state index contributed by atoms with van der Waals surface area (Å²) < 4.78 is 7.13. The lowest BCUT2D eigenvalue weighted by molar-refractivity contribution is -0.123. The van der Waals surface area contributed by atoms with Gasteiger partial charge in [0.05, 0.1) is 11.4 Å². The number of carbonyl (C=O) groups excluding carboxylic acids is 1. The van der Waals surface area contributed by atoms with E-state index in [-0.39, 0.29) is 12.5 Å². The molecule has 8 nitrogen and oxygen atoms in total. The van der Waals surface area contributed by atoms with Gasteiger partial charge in [0.1, 0.15) is 12.1 Å². The van der Waals surface area contributed by atoms with Gasteiger partial charge in [-0.3, -0.25) is 4.79 Å². The van der Waals surface area contributed by atoms with Crippen LogP contribution in [0.5, 0.6) is 5.75 Å². The van der Waals surface area contributed by atoms with E-state index in [2.05, 4.69) is 26.1 Å². The van der Waals surface area contributed by atoms with Crippen molar-refractivity contribution in [2.24, 2.45) is 5.10 Å². The number of hydrogen-bond donors (Lipinski definition) is 1. The first-order valence-corrected chi connectivity index (χ1v) is 8.40. The minimum Gasteiger partial charge on any atom is -0.483 e. The highest BCUT2D eigenvalue weighted by molar-refractivity contribution is 5.99. The zero-order valence-corrected chi connectivity index (χ0v) is 15.4. The van der Waals surface area contributed by atoms with Gasteiger partial charge in [0, 0.05) is 0 Å². The smallest absolute Gasteiger partial charge is 0.277 e. The average Bonchev–Trinajstić information content (AvgIpc) is 3.22. The fourth-order valence-corrected chi connectivity index (χ4v) is 2.42. The minimum atomic E-state index is -0.327. The van der Waals surface area contributed by atoms with E-state index in [1.165, 1.54) is 6.33 Å². The van der Waals surface area contributed by atoms with Gasteiger partial charge in [0.2, 0.25) is 0 Å². The van der Waals surface area contributed by atoms with Crippen LogP contribution < -0.4 is 10.2 Å². The van der Waals surface area contributed by atoms with Crippen molar-refractivity contribution < 1.29 is 9.53 Å². The Bertz CT molecular complexity index is 966. The van der Waals surface area contributed by atoms with Crippen molar-refractivity contribution in [3.8, 4) is 11.4 Å². The van der Waals surface area contributed by atoms with Crippen LogP contribution >= 0.6 is 0 Å². The number of benzene rings is 2. The summed E-state index contributed by atoms with van der Waals surface area (Å²) in [5, 5.41) is 15.2. The summed E-state index contributed by atoms with van der Waals surface area (Å²) in [5.74, 6) is 0.367. The van der Waals surface area contributed by atoms with Crippen LogP contribution in [-0.4, -0.2) is 38.4 Å². The fourth-order valence-electron chi connectivity index (χ4n) is 2.42. The Labute approximate surface area is 156 Å². The molecular weight excluding hydrogens is 344 g/mol. The first-order valence-electron chi connectivity index (χ1n) is 8.40. The van der Waals surface area contributed by atoms with Crippen molar-refractivity contribution in [1.29, 1.82) is 0 Å². The monoisotopic (exact) mass is 364 g/mol. The summed E-state index contributed by atoms with van der Waals surface area (Å²) in [6.45, 7) is 5.66. The van der Waals surface area contributed by atoms with Gasteiger partial charge in [-0.2, -0.15) is 5.10 Å². The van der Waals surface area contributed by atoms with Crippen LogP contribution in [0.4, 0.5) is 0 Å². The van der Waals surface area contributed by atoms with E-state index in [0.717, 1.165) is 22.4 Å². The Balaban J connectivity index is 1.61. The maximum Gasteiger partial charge on any atom is 0.277 e. The van der Waals surface area contributed by atoms with Crippen molar-refractivity contribution in [2.75, 3.05) is 6.61 Å².